The molecule has 0 unspecified atom stereocenters. The van der Waals surface area contributed by atoms with Gasteiger partial charge in [-0.3, -0.25) is 4.55 Å². The first-order chi connectivity index (χ1) is 6.90. The van der Waals surface area contributed by atoms with Gasteiger partial charge in [-0.2, -0.15) is 8.42 Å². The molecule has 0 aromatic heterocycles. The molecule has 1 aromatic rings. The van der Waals surface area contributed by atoms with Gasteiger partial charge in [0.25, 0.3) is 0 Å². The van der Waals surface area contributed by atoms with E-state index in [1.807, 2.05) is 6.07 Å². The van der Waals surface area contributed by atoms with Crippen molar-refractivity contribution < 1.29 is 13.0 Å². The summed E-state index contributed by atoms with van der Waals surface area (Å²) in [5.74, 6) is 0. The van der Waals surface area contributed by atoms with Crippen LogP contribution in [-0.4, -0.2) is 19.0 Å². The van der Waals surface area contributed by atoms with Crippen LogP contribution in [0.15, 0.2) is 30.3 Å². The van der Waals surface area contributed by atoms with Gasteiger partial charge in [0, 0.05) is 16.8 Å². The van der Waals surface area contributed by atoms with Crippen LogP contribution >= 0.6 is 10.8 Å². The predicted molar refractivity (Wildman–Crippen MR) is 62.0 cm³/mol. The summed E-state index contributed by atoms with van der Waals surface area (Å²) in [6.07, 6.45) is 0. The van der Waals surface area contributed by atoms with Crippen LogP contribution < -0.4 is 5.73 Å². The zero-order valence-electron chi connectivity index (χ0n) is 8.20. The first-order valence-electron chi connectivity index (χ1n) is 4.36. The second-order valence-corrected chi connectivity index (χ2v) is 6.61. The summed E-state index contributed by atoms with van der Waals surface area (Å²) in [7, 11) is -3.61. The zero-order valence-corrected chi connectivity index (χ0v) is 9.83. The quantitative estimate of drug-likeness (QED) is 0.624. The van der Waals surface area contributed by atoms with E-state index in [-0.39, 0.29) is 6.04 Å². The normalized spacial score (nSPS) is 15.9. The van der Waals surface area contributed by atoms with Crippen LogP contribution in [0.3, 0.4) is 0 Å². The fourth-order valence-corrected chi connectivity index (χ4v) is 3.57. The third kappa shape index (κ3) is 4.21. The van der Waals surface area contributed by atoms with Gasteiger partial charge in [-0.05, 0) is 12.5 Å². The van der Waals surface area contributed by atoms with Gasteiger partial charge in [0.1, 0.15) is 0 Å². The molecule has 0 amide bonds. The SMILES string of the molecule is C[C@@H](N)[C@@H](SS(=O)(=O)O)c1ccccc1. The zero-order chi connectivity index (χ0) is 11.5. The average molecular weight is 247 g/mol. The van der Waals surface area contributed by atoms with E-state index in [2.05, 4.69) is 0 Å². The summed E-state index contributed by atoms with van der Waals surface area (Å²) in [4.78, 5) is 0. The van der Waals surface area contributed by atoms with Crippen molar-refractivity contribution in [2.75, 3.05) is 0 Å². The van der Waals surface area contributed by atoms with Crippen LogP contribution in [0.5, 0.6) is 0 Å². The van der Waals surface area contributed by atoms with E-state index in [1.165, 1.54) is 0 Å². The highest BCUT2D eigenvalue weighted by atomic mass is 33.1. The topological polar surface area (TPSA) is 80.4 Å². The maximum Gasteiger partial charge on any atom is 0.320 e. The summed E-state index contributed by atoms with van der Waals surface area (Å²) in [5.41, 5.74) is 6.47. The van der Waals surface area contributed by atoms with Crippen LogP contribution in [-0.2, 0) is 9.15 Å². The first kappa shape index (κ1) is 12.5. The molecule has 2 atom stereocenters. The summed E-state index contributed by atoms with van der Waals surface area (Å²) in [6.45, 7) is 1.70. The van der Waals surface area contributed by atoms with Crippen LogP contribution in [0, 0.1) is 0 Å². The molecule has 0 aliphatic heterocycles. The molecule has 3 N–H and O–H groups in total. The highest BCUT2D eigenvalue weighted by Gasteiger charge is 2.23. The fraction of sp³-hybridized carbons (Fsp3) is 0.333. The molecule has 0 spiro atoms. The number of hydrogen-bond donors (Lipinski definition) is 2. The second-order valence-electron chi connectivity index (χ2n) is 3.21. The lowest BCUT2D eigenvalue weighted by atomic mass is 10.1. The van der Waals surface area contributed by atoms with Gasteiger partial charge in [-0.15, -0.1) is 0 Å². The summed E-state index contributed by atoms with van der Waals surface area (Å²) in [6, 6.07) is 8.64. The first-order valence-corrected chi connectivity index (χ1v) is 7.20. The largest absolute Gasteiger partial charge is 0.327 e. The Labute approximate surface area is 93.0 Å². The molecule has 0 fully saturated rings. The highest BCUT2D eigenvalue weighted by Crippen LogP contribution is 2.34. The van der Waals surface area contributed by atoms with Crippen molar-refractivity contribution in [1.29, 1.82) is 0 Å². The van der Waals surface area contributed by atoms with Gasteiger partial charge < -0.3 is 5.73 Å². The molecule has 1 rings (SSSR count). The van der Waals surface area contributed by atoms with Crippen LogP contribution in [0.2, 0.25) is 0 Å². The Morgan fingerprint density at radius 2 is 1.87 bits per heavy atom. The molecule has 1 aromatic carbocycles. The van der Waals surface area contributed by atoms with E-state index in [4.69, 9.17) is 10.3 Å². The number of rotatable bonds is 4. The fourth-order valence-electron chi connectivity index (χ4n) is 1.22. The number of benzene rings is 1. The smallest absolute Gasteiger partial charge is 0.320 e. The Balaban J connectivity index is 2.95. The van der Waals surface area contributed by atoms with Crippen LogP contribution in [0.4, 0.5) is 0 Å². The molecule has 0 saturated carbocycles. The third-order valence-electron chi connectivity index (χ3n) is 1.83. The Morgan fingerprint density at radius 1 is 1.33 bits per heavy atom. The van der Waals surface area contributed by atoms with Crippen LogP contribution in [0.25, 0.3) is 0 Å². The monoisotopic (exact) mass is 247 g/mol. The minimum absolute atomic E-state index is 0.362. The molecule has 0 radical (unpaired) electrons. The molecule has 6 heteroatoms. The van der Waals surface area contributed by atoms with Crippen molar-refractivity contribution in [1.82, 2.24) is 0 Å². The van der Waals surface area contributed by atoms with Gasteiger partial charge in [-0.1, -0.05) is 30.3 Å². The standard InChI is InChI=1S/C9H13NO3S2/c1-7(10)9(14-15(11,12)13)8-5-3-2-4-6-8/h2-7,9H,10H2,1H3,(H,11,12,13)/t7-,9-/m1/s1. The van der Waals surface area contributed by atoms with Crippen molar-refractivity contribution in [3.63, 3.8) is 0 Å². The molecule has 0 aliphatic rings. The predicted octanol–water partition coefficient (Wildman–Crippen LogP) is 1.61. The third-order valence-corrected chi connectivity index (χ3v) is 4.33. The van der Waals surface area contributed by atoms with Crippen molar-refractivity contribution in [3.8, 4) is 0 Å². The molecule has 0 aliphatic carbocycles. The molecular weight excluding hydrogens is 234 g/mol. The summed E-state index contributed by atoms with van der Waals surface area (Å²) >= 11 is 0. The molecule has 4 nitrogen and oxygen atoms in total. The highest BCUT2D eigenvalue weighted by molar-refractivity contribution is 8.70. The number of hydrogen-bond acceptors (Lipinski definition) is 4. The molecule has 84 valence electrons. The molecule has 0 heterocycles. The van der Waals surface area contributed by atoms with Crippen LogP contribution in [0.1, 0.15) is 17.7 Å². The van der Waals surface area contributed by atoms with E-state index in [0.717, 1.165) is 5.56 Å². The average Bonchev–Trinajstić information content (AvgIpc) is 2.14. The van der Waals surface area contributed by atoms with Gasteiger partial charge >= 0.3 is 9.15 Å². The van der Waals surface area contributed by atoms with E-state index in [9.17, 15) is 8.42 Å². The van der Waals surface area contributed by atoms with Crippen molar-refractivity contribution in [2.45, 2.75) is 18.2 Å². The minimum atomic E-state index is -4.08. The lowest BCUT2D eigenvalue weighted by Gasteiger charge is -2.18. The maximum atomic E-state index is 10.8. The van der Waals surface area contributed by atoms with Crippen molar-refractivity contribution in [2.24, 2.45) is 5.73 Å². The second kappa shape index (κ2) is 4.98. The maximum absolute atomic E-state index is 10.8. The Kier molecular flexibility index (Phi) is 4.15. The molecule has 15 heavy (non-hydrogen) atoms. The van der Waals surface area contributed by atoms with E-state index < -0.39 is 14.4 Å². The number of nitrogens with two attached hydrogens (primary N) is 1. The molecule has 0 saturated heterocycles. The van der Waals surface area contributed by atoms with E-state index >= 15 is 0 Å². The van der Waals surface area contributed by atoms with Gasteiger partial charge in [0.15, 0.2) is 0 Å². The Hall–Kier alpha value is -0.560. The van der Waals surface area contributed by atoms with Gasteiger partial charge in [0.2, 0.25) is 0 Å². The Bertz CT molecular complexity index is 403. The van der Waals surface area contributed by atoms with Gasteiger partial charge in [0.05, 0.1) is 5.25 Å². The lowest BCUT2D eigenvalue weighted by molar-refractivity contribution is 0.502. The van der Waals surface area contributed by atoms with Gasteiger partial charge in [-0.25, -0.2) is 0 Å². The van der Waals surface area contributed by atoms with E-state index in [1.54, 1.807) is 31.2 Å². The Morgan fingerprint density at radius 3 is 2.27 bits per heavy atom. The summed E-state index contributed by atoms with van der Waals surface area (Å²) in [5, 5.41) is -0.457. The molecular formula is C9H13NO3S2. The van der Waals surface area contributed by atoms with Crippen molar-refractivity contribution in [3.05, 3.63) is 35.9 Å². The molecule has 0 bridgehead atoms. The van der Waals surface area contributed by atoms with Crippen molar-refractivity contribution >= 4 is 19.9 Å². The minimum Gasteiger partial charge on any atom is -0.327 e. The summed E-state index contributed by atoms with van der Waals surface area (Å²) < 4.78 is 30.3. The lowest BCUT2D eigenvalue weighted by Crippen LogP contribution is -2.23. The van der Waals surface area contributed by atoms with E-state index in [0.29, 0.717) is 10.8 Å².